The number of pyridine rings is 1. The second kappa shape index (κ2) is 19.1. The molecule has 0 bridgehead atoms. The molecule has 1 saturated carbocycles. The average Bonchev–Trinajstić information content (AvgIpc) is 3.90. The van der Waals surface area contributed by atoms with Gasteiger partial charge in [-0.05, 0) is 106 Å². The van der Waals surface area contributed by atoms with E-state index in [9.17, 15) is 28.8 Å². The van der Waals surface area contributed by atoms with Crippen molar-refractivity contribution in [3.8, 4) is 0 Å². The van der Waals surface area contributed by atoms with Crippen molar-refractivity contribution < 1.29 is 33.2 Å². The number of aryl methyl sites for hydroxylation is 1. The Hall–Kier alpha value is -7.35. The van der Waals surface area contributed by atoms with E-state index in [0.29, 0.717) is 48.9 Å². The van der Waals surface area contributed by atoms with Crippen molar-refractivity contribution in [2.24, 2.45) is 11.8 Å². The first-order valence-electron chi connectivity index (χ1n) is 24.8. The topological polar surface area (TPSA) is 211 Å². The number of amides is 6. The minimum atomic E-state index is -1.12. The van der Waals surface area contributed by atoms with Crippen LogP contribution in [-0.2, 0) is 14.4 Å². The highest BCUT2D eigenvalue weighted by Gasteiger charge is 2.46. The van der Waals surface area contributed by atoms with E-state index in [1.54, 1.807) is 18.7 Å². The van der Waals surface area contributed by atoms with Gasteiger partial charge in [0.1, 0.15) is 23.9 Å². The molecule has 3 N–H and O–H groups in total. The maximum Gasteiger partial charge on any atom is 0.270 e. The number of piperazine rings is 1. The average molecular weight is 966 g/mol. The number of fused-ring (bicyclic) bond motifs is 2. The predicted octanol–water partition coefficient (Wildman–Crippen LogP) is 4.22. The molecular weight excluding hydrogens is 910 g/mol. The molecule has 0 unspecified atom stereocenters. The molecule has 368 valence electrons. The molecule has 20 heteroatoms. The molecule has 5 fully saturated rings. The lowest BCUT2D eigenvalue weighted by atomic mass is 9.86. The lowest BCUT2D eigenvalue weighted by Gasteiger charge is -2.41. The van der Waals surface area contributed by atoms with Gasteiger partial charge < -0.3 is 29.9 Å². The summed E-state index contributed by atoms with van der Waals surface area (Å²) < 4.78 is 17.6. The van der Waals surface area contributed by atoms with Gasteiger partial charge >= 0.3 is 0 Å². The van der Waals surface area contributed by atoms with Gasteiger partial charge in [-0.3, -0.25) is 43.9 Å². The first-order valence-corrected chi connectivity index (χ1v) is 24.8. The minimum absolute atomic E-state index is 0.000798. The number of likely N-dealkylation sites (tertiary alicyclic amines) is 1. The third-order valence-corrected chi connectivity index (χ3v) is 15.3. The molecule has 4 saturated heterocycles. The molecule has 1 atom stereocenters. The van der Waals surface area contributed by atoms with Crippen LogP contribution >= 0.6 is 0 Å². The number of hydrogen-bond acceptors (Lipinski definition) is 14. The van der Waals surface area contributed by atoms with Crippen molar-refractivity contribution in [2.45, 2.75) is 76.4 Å². The van der Waals surface area contributed by atoms with E-state index in [1.807, 2.05) is 28.9 Å². The lowest BCUT2D eigenvalue weighted by Crippen LogP contribution is -2.54. The van der Waals surface area contributed by atoms with Gasteiger partial charge in [0.15, 0.2) is 17.0 Å². The quantitative estimate of drug-likeness (QED) is 0.158. The number of anilines is 4. The first-order chi connectivity index (χ1) is 34.4. The number of imidazole rings is 1. The van der Waals surface area contributed by atoms with E-state index in [1.165, 1.54) is 6.07 Å². The zero-order valence-corrected chi connectivity index (χ0v) is 39.6. The van der Waals surface area contributed by atoms with E-state index < -0.39 is 35.5 Å². The number of aromatic nitrogens is 5. The molecule has 71 heavy (non-hydrogen) atoms. The molecule has 6 amide bonds. The van der Waals surface area contributed by atoms with Gasteiger partial charge in [0.2, 0.25) is 17.7 Å². The number of imide groups is 2. The maximum atomic E-state index is 15.5. The molecule has 19 nitrogen and oxygen atoms in total. The summed E-state index contributed by atoms with van der Waals surface area (Å²) in [5.41, 5.74) is 4.88. The fourth-order valence-electron chi connectivity index (χ4n) is 11.2. The summed E-state index contributed by atoms with van der Waals surface area (Å²) in [6, 6.07) is 15.4. The van der Waals surface area contributed by atoms with Crippen molar-refractivity contribution in [1.29, 1.82) is 0 Å². The molecule has 6 aliphatic rings. The van der Waals surface area contributed by atoms with Crippen molar-refractivity contribution in [2.75, 3.05) is 74.0 Å². The Labute approximate surface area is 409 Å². The van der Waals surface area contributed by atoms with E-state index >= 15 is 4.39 Å². The maximum absolute atomic E-state index is 15.5. The Balaban J connectivity index is 0.608. The van der Waals surface area contributed by atoms with Gasteiger partial charge in [-0.15, -0.1) is 0 Å². The smallest absolute Gasteiger partial charge is 0.270 e. The molecule has 8 heterocycles. The zero-order valence-electron chi connectivity index (χ0n) is 39.6. The van der Waals surface area contributed by atoms with E-state index in [0.717, 1.165) is 105 Å². The highest BCUT2D eigenvalue weighted by atomic mass is 19.1. The van der Waals surface area contributed by atoms with Crippen molar-refractivity contribution in [1.82, 2.24) is 49.8 Å². The largest absolute Gasteiger partial charge is 0.369 e. The second-order valence-electron chi connectivity index (χ2n) is 19.8. The highest BCUT2D eigenvalue weighted by molar-refractivity contribution is 6.23. The Morgan fingerprint density at radius 2 is 1.54 bits per heavy atom. The number of carbonyl (C=O) groups excluding carboxylic acids is 6. The summed E-state index contributed by atoms with van der Waals surface area (Å²) in [4.78, 5) is 105. The minimum Gasteiger partial charge on any atom is -0.369 e. The molecular formula is C51H56FN13O6. The SMILES string of the molecule is Cc1cccc(C(=O)NC2CC(n3cnc4c(Nc5ccc(N6CCN(CC7CCN(C(=O)C8CCN(c9cc%10c(cc9F)C(=O)N([C@H]9CCC(=O)NC9=O)C%10=O)CC8)CC7)CC6)cc5)ncnc43)C2)n1. The van der Waals surface area contributed by atoms with Crippen LogP contribution in [0.1, 0.15) is 94.3 Å². The third kappa shape index (κ3) is 9.16. The molecule has 5 aliphatic heterocycles. The van der Waals surface area contributed by atoms with Gasteiger partial charge in [-0.1, -0.05) is 6.07 Å². The van der Waals surface area contributed by atoms with Crippen LogP contribution in [0.2, 0.25) is 0 Å². The summed E-state index contributed by atoms with van der Waals surface area (Å²) >= 11 is 0. The van der Waals surface area contributed by atoms with Crippen molar-refractivity contribution in [3.05, 3.63) is 95.6 Å². The van der Waals surface area contributed by atoms with Crippen LogP contribution in [0, 0.1) is 24.6 Å². The Morgan fingerprint density at radius 1 is 0.803 bits per heavy atom. The molecule has 5 aromatic rings. The number of benzene rings is 2. The van der Waals surface area contributed by atoms with Crippen molar-refractivity contribution in [3.63, 3.8) is 0 Å². The first kappa shape index (κ1) is 46.1. The molecule has 3 aromatic heterocycles. The third-order valence-electron chi connectivity index (χ3n) is 15.3. The summed E-state index contributed by atoms with van der Waals surface area (Å²) in [6.45, 7) is 8.95. The number of nitrogens with one attached hydrogen (secondary N) is 3. The van der Waals surface area contributed by atoms with Crippen LogP contribution in [0.25, 0.3) is 11.2 Å². The van der Waals surface area contributed by atoms with Gasteiger partial charge in [-0.25, -0.2) is 24.3 Å². The van der Waals surface area contributed by atoms with Crippen molar-refractivity contribution >= 4 is 69.5 Å². The van der Waals surface area contributed by atoms with Crippen LogP contribution in [0.5, 0.6) is 0 Å². The molecule has 0 radical (unpaired) electrons. The highest BCUT2D eigenvalue weighted by Crippen LogP contribution is 2.37. The number of nitrogens with zero attached hydrogens (tertiary/aromatic N) is 10. The van der Waals surface area contributed by atoms with Crippen LogP contribution in [-0.4, -0.2) is 146 Å². The van der Waals surface area contributed by atoms with Gasteiger partial charge in [0.05, 0.1) is 23.1 Å². The molecule has 2 aromatic carbocycles. The molecule has 11 rings (SSSR count). The summed E-state index contributed by atoms with van der Waals surface area (Å²) in [5.74, 6) is -2.28. The van der Waals surface area contributed by atoms with Crippen LogP contribution in [0.4, 0.5) is 27.3 Å². The fraction of sp³-hybridized carbons (Fsp3) is 0.451. The van der Waals surface area contributed by atoms with Gasteiger partial charge in [0.25, 0.3) is 17.7 Å². The molecule has 0 spiro atoms. The summed E-state index contributed by atoms with van der Waals surface area (Å²) in [6.07, 6.45) is 7.94. The summed E-state index contributed by atoms with van der Waals surface area (Å²) in [5, 5.41) is 8.71. The number of halogens is 1. The van der Waals surface area contributed by atoms with E-state index in [-0.39, 0.29) is 59.5 Å². The van der Waals surface area contributed by atoms with Crippen LogP contribution in [0.3, 0.4) is 0 Å². The number of hydrogen-bond donors (Lipinski definition) is 3. The van der Waals surface area contributed by atoms with E-state index in [2.05, 4.69) is 74.5 Å². The van der Waals surface area contributed by atoms with Gasteiger partial charge in [0, 0.05) is 100 Å². The standard InChI is InChI=1S/C51H56FN13O6/c1-30-3-2-4-40(56-30)47(67)58-34-23-36(24-34)64-29-55-44-45(53-28-54-46(44)64)57-33-5-7-35(8-6-33)61-21-19-60(20-22-61)27-31-11-15-63(16-12-31)49(69)32-13-17-62(18-14-32)42-26-38-37(25-39(42)52)50(70)65(51(38)71)41-9-10-43(66)59-48(41)68/h2-8,25-26,28-29,31-32,34,36,41H,9-24,27H2,1H3,(H,58,67)(H,53,54,57)(H,59,66,68)/t34?,36?,41-/m0/s1. The number of piperidine rings is 3. The Bertz CT molecular complexity index is 2920. The molecule has 1 aliphatic carbocycles. The van der Waals surface area contributed by atoms with Crippen LogP contribution < -0.4 is 25.8 Å². The normalized spacial score (nSPS) is 22.4. The number of carbonyl (C=O) groups is 6. The Kier molecular flexibility index (Phi) is 12.4. The van der Waals surface area contributed by atoms with Crippen LogP contribution in [0.15, 0.2) is 67.3 Å². The zero-order chi connectivity index (χ0) is 48.9. The lowest BCUT2D eigenvalue weighted by molar-refractivity contribution is -0.138. The van der Waals surface area contributed by atoms with E-state index in [4.69, 9.17) is 0 Å². The monoisotopic (exact) mass is 965 g/mol. The predicted molar refractivity (Wildman–Crippen MR) is 260 cm³/mol. The second-order valence-corrected chi connectivity index (χ2v) is 19.8. The fourth-order valence-corrected chi connectivity index (χ4v) is 11.2. The summed E-state index contributed by atoms with van der Waals surface area (Å²) in [7, 11) is 0. The Morgan fingerprint density at radius 3 is 2.25 bits per heavy atom. The number of rotatable bonds is 11. The van der Waals surface area contributed by atoms with Gasteiger partial charge in [-0.2, -0.15) is 0 Å².